The zero-order chi connectivity index (χ0) is 14.1. The van der Waals surface area contributed by atoms with Crippen LogP contribution in [0.5, 0.6) is 0 Å². The van der Waals surface area contributed by atoms with Crippen molar-refractivity contribution in [3.8, 4) is 0 Å². The number of aromatic carboxylic acids is 1. The van der Waals surface area contributed by atoms with Gasteiger partial charge in [-0.05, 0) is 25.1 Å². The summed E-state index contributed by atoms with van der Waals surface area (Å²) >= 11 is 0. The Balaban J connectivity index is 1.91. The number of carboxylic acids is 1. The van der Waals surface area contributed by atoms with Gasteiger partial charge in [-0.1, -0.05) is 6.07 Å². The molecule has 3 rings (SSSR count). The summed E-state index contributed by atoms with van der Waals surface area (Å²) in [6, 6.07) is 7.22. The first-order chi connectivity index (χ1) is 9.66. The Morgan fingerprint density at radius 1 is 1.20 bits per heavy atom. The lowest BCUT2D eigenvalue weighted by Gasteiger charge is -2.08. The summed E-state index contributed by atoms with van der Waals surface area (Å²) in [7, 11) is 0. The lowest BCUT2D eigenvalue weighted by Crippen LogP contribution is -2.07. The number of aromatic nitrogens is 3. The highest BCUT2D eigenvalue weighted by Crippen LogP contribution is 2.20. The van der Waals surface area contributed by atoms with Crippen LogP contribution in [0.3, 0.4) is 0 Å². The van der Waals surface area contributed by atoms with E-state index in [0.29, 0.717) is 5.56 Å². The molecule has 0 aliphatic heterocycles. The molecule has 0 radical (unpaired) electrons. The third kappa shape index (κ3) is 2.07. The van der Waals surface area contributed by atoms with Crippen molar-refractivity contribution in [3.63, 3.8) is 0 Å². The van der Waals surface area contributed by atoms with Crippen molar-refractivity contribution in [2.45, 2.75) is 20.0 Å². The van der Waals surface area contributed by atoms with Gasteiger partial charge in [-0.2, -0.15) is 0 Å². The minimum absolute atomic E-state index is 0.347. The molecule has 0 amide bonds. The molecule has 1 N–H and O–H groups in total. The van der Waals surface area contributed by atoms with Crippen molar-refractivity contribution in [1.82, 2.24) is 14.1 Å². The lowest BCUT2D eigenvalue weighted by atomic mass is 10.1. The van der Waals surface area contributed by atoms with Gasteiger partial charge < -0.3 is 14.2 Å². The highest BCUT2D eigenvalue weighted by molar-refractivity contribution is 6.02. The van der Waals surface area contributed by atoms with E-state index in [1.54, 1.807) is 18.3 Å². The number of benzene rings is 1. The molecule has 5 heteroatoms. The van der Waals surface area contributed by atoms with Gasteiger partial charge in [0.05, 0.1) is 5.56 Å². The Morgan fingerprint density at radius 3 is 2.70 bits per heavy atom. The van der Waals surface area contributed by atoms with E-state index in [9.17, 15) is 9.90 Å². The van der Waals surface area contributed by atoms with E-state index in [2.05, 4.69) is 14.1 Å². The number of aryl methyl sites for hydroxylation is 3. The first-order valence-electron chi connectivity index (χ1n) is 6.45. The summed E-state index contributed by atoms with van der Waals surface area (Å²) in [5.74, 6) is 0.0893. The number of nitrogens with zero attached hydrogens (tertiary/aromatic N) is 3. The molecule has 0 spiro atoms. The Morgan fingerprint density at radius 2 is 2.00 bits per heavy atom. The van der Waals surface area contributed by atoms with Gasteiger partial charge in [-0.3, -0.25) is 0 Å². The first-order valence-corrected chi connectivity index (χ1v) is 6.45. The summed E-state index contributed by atoms with van der Waals surface area (Å²) < 4.78 is 4.15. The predicted molar refractivity (Wildman–Crippen MR) is 75.9 cm³/mol. The largest absolute Gasteiger partial charge is 0.478 e. The van der Waals surface area contributed by atoms with Crippen molar-refractivity contribution in [2.75, 3.05) is 0 Å². The summed E-state index contributed by atoms with van der Waals surface area (Å²) in [6.45, 7) is 3.56. The molecule has 5 nitrogen and oxygen atoms in total. The van der Waals surface area contributed by atoms with E-state index in [1.165, 1.54) is 0 Å². The van der Waals surface area contributed by atoms with E-state index in [1.807, 2.05) is 31.5 Å². The molecule has 0 aliphatic carbocycles. The van der Waals surface area contributed by atoms with Crippen LogP contribution >= 0.6 is 0 Å². The normalized spacial score (nSPS) is 11.1. The van der Waals surface area contributed by atoms with Gasteiger partial charge in [0.2, 0.25) is 0 Å². The fourth-order valence-electron chi connectivity index (χ4n) is 2.46. The van der Waals surface area contributed by atoms with Gasteiger partial charge in [-0.15, -0.1) is 0 Å². The number of carboxylic acid groups (broad SMARTS) is 1. The Bertz CT molecular complexity index is 770. The van der Waals surface area contributed by atoms with Crippen molar-refractivity contribution >= 4 is 16.9 Å². The molecule has 0 aliphatic rings. The number of fused-ring (bicyclic) bond motifs is 1. The van der Waals surface area contributed by atoms with E-state index in [-0.39, 0.29) is 0 Å². The van der Waals surface area contributed by atoms with Gasteiger partial charge in [0.15, 0.2) is 0 Å². The number of hydrogen-bond donors (Lipinski definition) is 1. The molecule has 20 heavy (non-hydrogen) atoms. The number of imidazole rings is 1. The minimum atomic E-state index is -0.890. The zero-order valence-electron chi connectivity index (χ0n) is 11.2. The van der Waals surface area contributed by atoms with Crippen molar-refractivity contribution in [1.29, 1.82) is 0 Å². The molecule has 0 atom stereocenters. The smallest absolute Gasteiger partial charge is 0.336 e. The molecule has 3 aromatic rings. The SMILES string of the molecule is Cc1nccn1CCn1ccc2c(C(=O)O)cccc21. The first kappa shape index (κ1) is 12.5. The molecule has 0 fully saturated rings. The van der Waals surface area contributed by atoms with Gasteiger partial charge in [0.1, 0.15) is 5.82 Å². The second-order valence-electron chi connectivity index (χ2n) is 4.72. The van der Waals surface area contributed by atoms with Crippen LogP contribution < -0.4 is 0 Å². The fraction of sp³-hybridized carbons (Fsp3) is 0.200. The molecule has 102 valence electrons. The molecule has 0 saturated carbocycles. The van der Waals surface area contributed by atoms with Gasteiger partial charge >= 0.3 is 5.97 Å². The number of hydrogen-bond acceptors (Lipinski definition) is 2. The Hall–Kier alpha value is -2.56. The Labute approximate surface area is 116 Å². The quantitative estimate of drug-likeness (QED) is 0.791. The van der Waals surface area contributed by atoms with E-state index in [4.69, 9.17) is 0 Å². The molecule has 1 aromatic carbocycles. The van der Waals surface area contributed by atoms with Crippen molar-refractivity contribution < 1.29 is 9.90 Å². The van der Waals surface area contributed by atoms with Crippen LogP contribution in [0.4, 0.5) is 0 Å². The minimum Gasteiger partial charge on any atom is -0.478 e. The summed E-state index contributed by atoms with van der Waals surface area (Å²) in [4.78, 5) is 15.4. The van der Waals surface area contributed by atoms with E-state index in [0.717, 1.165) is 29.8 Å². The highest BCUT2D eigenvalue weighted by Gasteiger charge is 2.10. The van der Waals surface area contributed by atoms with Gasteiger partial charge in [-0.25, -0.2) is 9.78 Å². The number of rotatable bonds is 4. The maximum absolute atomic E-state index is 11.2. The average molecular weight is 269 g/mol. The van der Waals surface area contributed by atoms with Crippen LogP contribution in [-0.4, -0.2) is 25.2 Å². The maximum Gasteiger partial charge on any atom is 0.336 e. The van der Waals surface area contributed by atoms with E-state index < -0.39 is 5.97 Å². The second kappa shape index (κ2) is 4.85. The molecule has 0 unspecified atom stereocenters. The maximum atomic E-state index is 11.2. The standard InChI is InChI=1S/C15H15N3O2/c1-11-16-6-8-17(11)9-10-18-7-5-12-13(15(19)20)3-2-4-14(12)18/h2-8H,9-10H2,1H3,(H,19,20). The fourth-order valence-corrected chi connectivity index (χ4v) is 2.46. The van der Waals surface area contributed by atoms with Gasteiger partial charge in [0, 0.05) is 42.6 Å². The topological polar surface area (TPSA) is 60.0 Å². The van der Waals surface area contributed by atoms with E-state index >= 15 is 0 Å². The Kier molecular flexibility index (Phi) is 3.02. The second-order valence-corrected chi connectivity index (χ2v) is 4.72. The van der Waals surface area contributed by atoms with Crippen LogP contribution in [0.2, 0.25) is 0 Å². The van der Waals surface area contributed by atoms with Crippen molar-refractivity contribution in [2.24, 2.45) is 0 Å². The van der Waals surface area contributed by atoms with Crippen LogP contribution in [0, 0.1) is 6.92 Å². The summed E-state index contributed by atoms with van der Waals surface area (Å²) in [6.07, 6.45) is 5.67. The monoisotopic (exact) mass is 269 g/mol. The van der Waals surface area contributed by atoms with Crippen LogP contribution in [0.25, 0.3) is 10.9 Å². The molecular weight excluding hydrogens is 254 g/mol. The molecule has 0 bridgehead atoms. The predicted octanol–water partition coefficient (Wildman–Crippen LogP) is 2.54. The van der Waals surface area contributed by atoms with Crippen LogP contribution in [0.15, 0.2) is 42.9 Å². The third-order valence-corrected chi connectivity index (χ3v) is 3.55. The van der Waals surface area contributed by atoms with Crippen LogP contribution in [-0.2, 0) is 13.1 Å². The summed E-state index contributed by atoms with van der Waals surface area (Å²) in [5, 5.41) is 9.97. The van der Waals surface area contributed by atoms with Crippen LogP contribution in [0.1, 0.15) is 16.2 Å². The van der Waals surface area contributed by atoms with Gasteiger partial charge in [0.25, 0.3) is 0 Å². The van der Waals surface area contributed by atoms with Crippen molar-refractivity contribution in [3.05, 3.63) is 54.2 Å². The molecule has 2 heterocycles. The summed E-state index contributed by atoms with van der Waals surface area (Å²) in [5.41, 5.74) is 1.29. The lowest BCUT2D eigenvalue weighted by molar-refractivity contribution is 0.0699. The zero-order valence-corrected chi connectivity index (χ0v) is 11.2. The third-order valence-electron chi connectivity index (χ3n) is 3.55. The highest BCUT2D eigenvalue weighted by atomic mass is 16.4. The molecule has 2 aromatic heterocycles. The molecular formula is C15H15N3O2. The molecule has 0 saturated heterocycles. The number of carbonyl (C=O) groups is 1. The average Bonchev–Trinajstić information content (AvgIpc) is 3.02.